The molecule has 1 aliphatic rings. The van der Waals surface area contributed by atoms with E-state index in [1.165, 1.54) is 31.2 Å². The number of carbonyl (C=O) groups excluding carboxylic acids is 2. The minimum absolute atomic E-state index is 0.102. The number of hydrogen-bond acceptors (Lipinski definition) is 7. The van der Waals surface area contributed by atoms with Crippen molar-refractivity contribution in [3.63, 3.8) is 0 Å². The maximum absolute atomic E-state index is 12.8. The number of aliphatic hydroxyl groups excluding tert-OH is 1. The fourth-order valence-corrected chi connectivity index (χ4v) is 3.48. The van der Waals surface area contributed by atoms with Gasteiger partial charge in [0.1, 0.15) is 12.6 Å². The molecule has 0 aromatic heterocycles. The SMILES string of the molecule is C[C@H](O)[C@H](C(=O)OCc1ccc([N+](=O)[O-])cc1)N1C(=O)[C@@H](N=[N+]=[N-])[C@H]1/C=C/c1ccccc1. The number of carbonyl (C=O) groups is 2. The lowest BCUT2D eigenvalue weighted by Crippen LogP contribution is -2.70. The second-order valence-corrected chi connectivity index (χ2v) is 7.37. The fourth-order valence-electron chi connectivity index (χ4n) is 3.48. The molecule has 0 saturated carbocycles. The molecular formula is C22H21N5O6. The summed E-state index contributed by atoms with van der Waals surface area (Å²) < 4.78 is 5.27. The van der Waals surface area contributed by atoms with Crippen molar-refractivity contribution in [2.75, 3.05) is 0 Å². The zero-order chi connectivity index (χ0) is 24.0. The summed E-state index contributed by atoms with van der Waals surface area (Å²) in [5.74, 6) is -1.46. The minimum atomic E-state index is -1.33. The molecule has 1 N–H and O–H groups in total. The first kappa shape index (κ1) is 23.5. The van der Waals surface area contributed by atoms with Gasteiger partial charge in [0.25, 0.3) is 5.69 Å². The molecule has 11 nitrogen and oxygen atoms in total. The van der Waals surface area contributed by atoms with E-state index in [2.05, 4.69) is 10.0 Å². The van der Waals surface area contributed by atoms with Gasteiger partial charge in [-0.2, -0.15) is 0 Å². The number of aliphatic hydroxyl groups is 1. The normalized spacial score (nSPS) is 19.3. The molecule has 11 heteroatoms. The lowest BCUT2D eigenvalue weighted by molar-refractivity contribution is -0.384. The molecule has 1 heterocycles. The molecule has 1 amide bonds. The van der Waals surface area contributed by atoms with E-state index in [1.807, 2.05) is 30.3 Å². The Hall–Kier alpha value is -4.21. The Morgan fingerprint density at radius 3 is 2.55 bits per heavy atom. The topological polar surface area (TPSA) is 159 Å². The van der Waals surface area contributed by atoms with E-state index in [0.717, 1.165) is 10.5 Å². The van der Waals surface area contributed by atoms with Crippen molar-refractivity contribution in [2.45, 2.75) is 37.8 Å². The van der Waals surface area contributed by atoms with Crippen molar-refractivity contribution < 1.29 is 24.4 Å². The number of β-lactam (4-membered cyclic amide) rings is 1. The van der Waals surface area contributed by atoms with Gasteiger partial charge in [0.15, 0.2) is 6.04 Å². The van der Waals surface area contributed by atoms with Gasteiger partial charge in [0.05, 0.1) is 17.1 Å². The van der Waals surface area contributed by atoms with Crippen molar-refractivity contribution >= 4 is 23.6 Å². The van der Waals surface area contributed by atoms with E-state index in [0.29, 0.717) is 5.56 Å². The van der Waals surface area contributed by atoms with Gasteiger partial charge in [-0.3, -0.25) is 14.9 Å². The number of azide groups is 1. The molecule has 1 aliphatic heterocycles. The second kappa shape index (κ2) is 10.4. The van der Waals surface area contributed by atoms with Crippen molar-refractivity contribution in [1.82, 2.24) is 4.90 Å². The predicted octanol–water partition coefficient (Wildman–Crippen LogP) is 2.99. The number of rotatable bonds is 9. The highest BCUT2D eigenvalue weighted by atomic mass is 16.6. The molecule has 170 valence electrons. The molecular weight excluding hydrogens is 430 g/mol. The van der Waals surface area contributed by atoms with E-state index in [-0.39, 0.29) is 12.3 Å². The van der Waals surface area contributed by atoms with Crippen LogP contribution in [0.25, 0.3) is 16.5 Å². The summed E-state index contributed by atoms with van der Waals surface area (Å²) in [4.78, 5) is 39.5. The zero-order valence-corrected chi connectivity index (χ0v) is 17.6. The third-order valence-electron chi connectivity index (χ3n) is 5.14. The molecule has 0 unspecified atom stereocenters. The number of amides is 1. The van der Waals surface area contributed by atoms with Gasteiger partial charge in [0, 0.05) is 17.0 Å². The van der Waals surface area contributed by atoms with Gasteiger partial charge in [-0.1, -0.05) is 47.6 Å². The van der Waals surface area contributed by atoms with E-state index in [1.54, 1.807) is 12.2 Å². The number of non-ortho nitro benzene ring substituents is 1. The van der Waals surface area contributed by atoms with Crippen LogP contribution in [0.15, 0.2) is 65.8 Å². The molecule has 0 spiro atoms. The van der Waals surface area contributed by atoms with Gasteiger partial charge in [-0.05, 0) is 35.7 Å². The zero-order valence-electron chi connectivity index (χ0n) is 17.6. The highest BCUT2D eigenvalue weighted by Gasteiger charge is 2.52. The van der Waals surface area contributed by atoms with Crippen LogP contribution in [-0.2, 0) is 20.9 Å². The van der Waals surface area contributed by atoms with E-state index in [9.17, 15) is 24.8 Å². The third kappa shape index (κ3) is 5.35. The van der Waals surface area contributed by atoms with E-state index < -0.39 is 41.0 Å². The van der Waals surface area contributed by atoms with Gasteiger partial charge >= 0.3 is 5.97 Å². The molecule has 4 atom stereocenters. The van der Waals surface area contributed by atoms with E-state index >= 15 is 0 Å². The van der Waals surface area contributed by atoms with Gasteiger partial charge < -0.3 is 14.7 Å². The Balaban J connectivity index is 1.76. The first-order valence-electron chi connectivity index (χ1n) is 10.0. The van der Waals surface area contributed by atoms with Crippen molar-refractivity contribution in [3.8, 4) is 0 Å². The van der Waals surface area contributed by atoms with Crippen LogP contribution in [0.2, 0.25) is 0 Å². The van der Waals surface area contributed by atoms with Crippen molar-refractivity contribution in [1.29, 1.82) is 0 Å². The Labute approximate surface area is 188 Å². The lowest BCUT2D eigenvalue weighted by Gasteiger charge is -2.47. The average molecular weight is 451 g/mol. The number of benzene rings is 2. The largest absolute Gasteiger partial charge is 0.459 e. The summed E-state index contributed by atoms with van der Waals surface area (Å²) in [7, 11) is 0. The Bertz CT molecular complexity index is 1100. The van der Waals surface area contributed by atoms with Crippen LogP contribution in [0.3, 0.4) is 0 Å². The first-order valence-corrected chi connectivity index (χ1v) is 10.0. The highest BCUT2D eigenvalue weighted by Crippen LogP contribution is 2.30. The van der Waals surface area contributed by atoms with Crippen LogP contribution in [0, 0.1) is 10.1 Å². The van der Waals surface area contributed by atoms with Gasteiger partial charge in [0.2, 0.25) is 5.91 Å². The van der Waals surface area contributed by atoms with Crippen molar-refractivity contribution in [3.05, 3.63) is 92.4 Å². The fraction of sp³-hybridized carbons (Fsp3) is 0.273. The smallest absolute Gasteiger partial charge is 0.331 e. The molecule has 0 aliphatic carbocycles. The van der Waals surface area contributed by atoms with Crippen LogP contribution in [-0.4, -0.2) is 51.0 Å². The van der Waals surface area contributed by atoms with Gasteiger partial charge in [-0.15, -0.1) is 0 Å². The van der Waals surface area contributed by atoms with Crippen LogP contribution in [0.5, 0.6) is 0 Å². The molecule has 33 heavy (non-hydrogen) atoms. The van der Waals surface area contributed by atoms with E-state index in [4.69, 9.17) is 10.3 Å². The number of likely N-dealkylation sites (tertiary alicyclic amines) is 1. The Kier molecular flexibility index (Phi) is 7.39. The minimum Gasteiger partial charge on any atom is -0.459 e. The highest BCUT2D eigenvalue weighted by molar-refractivity contribution is 5.95. The van der Waals surface area contributed by atoms with Gasteiger partial charge in [-0.25, -0.2) is 4.79 Å². The summed E-state index contributed by atoms with van der Waals surface area (Å²) in [6.45, 7) is 1.15. The van der Waals surface area contributed by atoms with Crippen LogP contribution in [0.1, 0.15) is 18.1 Å². The quantitative estimate of drug-likeness (QED) is 0.117. The standard InChI is InChI=1S/C22H21N5O6/c1-14(28)20(22(30)33-13-16-7-10-17(11-8-16)27(31)32)26-18(19(21(26)29)24-25-23)12-9-15-5-3-2-4-6-15/h2-12,14,18-20,28H,13H2,1H3/b12-9+/t14-,18+,19-,20+/m0/s1. The molecule has 2 aromatic carbocycles. The number of nitro groups is 1. The van der Waals surface area contributed by atoms with Crippen molar-refractivity contribution in [2.24, 2.45) is 5.11 Å². The van der Waals surface area contributed by atoms with Crippen LogP contribution in [0.4, 0.5) is 5.69 Å². The second-order valence-electron chi connectivity index (χ2n) is 7.37. The van der Waals surface area contributed by atoms with Crippen LogP contribution >= 0.6 is 0 Å². The number of nitro benzene ring substituents is 1. The Morgan fingerprint density at radius 1 is 1.30 bits per heavy atom. The summed E-state index contributed by atoms with van der Waals surface area (Å²) in [6, 6.07) is 11.5. The number of ether oxygens (including phenoxy) is 1. The molecule has 0 bridgehead atoms. The summed E-state index contributed by atoms with van der Waals surface area (Å²) in [5.41, 5.74) is 10.0. The molecule has 0 radical (unpaired) electrons. The molecule has 1 saturated heterocycles. The molecule has 3 rings (SSSR count). The van der Waals surface area contributed by atoms with Crippen LogP contribution < -0.4 is 0 Å². The monoisotopic (exact) mass is 451 g/mol. The third-order valence-corrected chi connectivity index (χ3v) is 5.14. The number of esters is 1. The summed E-state index contributed by atoms with van der Waals surface area (Å²) >= 11 is 0. The molecule has 1 fully saturated rings. The number of nitrogens with zero attached hydrogens (tertiary/aromatic N) is 5. The lowest BCUT2D eigenvalue weighted by atomic mass is 9.90. The summed E-state index contributed by atoms with van der Waals surface area (Å²) in [5, 5.41) is 24.5. The molecule has 2 aromatic rings. The average Bonchev–Trinajstić information content (AvgIpc) is 2.81. The predicted molar refractivity (Wildman–Crippen MR) is 117 cm³/mol. The maximum Gasteiger partial charge on any atom is 0.331 e. The Morgan fingerprint density at radius 2 is 1.97 bits per heavy atom. The summed E-state index contributed by atoms with van der Waals surface area (Å²) in [6.07, 6.45) is 2.10. The number of hydrogen-bond donors (Lipinski definition) is 1. The first-order chi connectivity index (χ1) is 15.8. The maximum atomic E-state index is 12.8.